The molecular formula is C16H16N2O. The molecule has 0 aliphatic carbocycles. The molecule has 0 saturated carbocycles. The fraction of sp³-hybridized carbons (Fsp3) is 0.188. The van der Waals surface area contributed by atoms with Gasteiger partial charge in [0.1, 0.15) is 6.04 Å². The van der Waals surface area contributed by atoms with E-state index in [9.17, 15) is 4.79 Å². The largest absolute Gasteiger partial charge is 0.353 e. The van der Waals surface area contributed by atoms with Crippen LogP contribution in [0.5, 0.6) is 0 Å². The summed E-state index contributed by atoms with van der Waals surface area (Å²) in [5.41, 5.74) is 2.35. The molecule has 3 rings (SSSR count). The monoisotopic (exact) mass is 252 g/mol. The Kier molecular flexibility index (Phi) is 3.29. The molecule has 0 spiro atoms. The van der Waals surface area contributed by atoms with Gasteiger partial charge in [-0.1, -0.05) is 60.7 Å². The Morgan fingerprint density at radius 2 is 1.47 bits per heavy atom. The minimum atomic E-state index is -0.0922. The van der Waals surface area contributed by atoms with E-state index in [1.807, 2.05) is 36.4 Å². The van der Waals surface area contributed by atoms with Gasteiger partial charge < -0.3 is 5.32 Å². The number of rotatable bonds is 4. The van der Waals surface area contributed by atoms with Gasteiger partial charge in [0, 0.05) is 6.54 Å². The Morgan fingerprint density at radius 3 is 1.84 bits per heavy atom. The number of nitrogens with one attached hydrogen (secondary N) is 2. The van der Waals surface area contributed by atoms with E-state index in [2.05, 4.69) is 34.9 Å². The summed E-state index contributed by atoms with van der Waals surface area (Å²) < 4.78 is 0. The number of amides is 1. The van der Waals surface area contributed by atoms with Crippen molar-refractivity contribution in [3.63, 3.8) is 0 Å². The summed E-state index contributed by atoms with van der Waals surface area (Å²) in [6.45, 7) is 0.703. The lowest BCUT2D eigenvalue weighted by Crippen LogP contribution is -2.61. The Bertz CT molecular complexity index is 514. The van der Waals surface area contributed by atoms with Crippen LogP contribution in [-0.4, -0.2) is 18.5 Å². The zero-order valence-electron chi connectivity index (χ0n) is 10.5. The molecule has 0 radical (unpaired) electrons. The Morgan fingerprint density at radius 1 is 0.947 bits per heavy atom. The SMILES string of the molecule is O=C1NCC1NC(c1ccccc1)c1ccccc1. The fourth-order valence-corrected chi connectivity index (χ4v) is 2.30. The highest BCUT2D eigenvalue weighted by molar-refractivity contribution is 5.87. The summed E-state index contributed by atoms with van der Waals surface area (Å²) in [5, 5.41) is 6.19. The molecule has 0 bridgehead atoms. The van der Waals surface area contributed by atoms with Gasteiger partial charge in [-0.15, -0.1) is 0 Å². The molecule has 3 heteroatoms. The van der Waals surface area contributed by atoms with E-state index in [0.29, 0.717) is 6.54 Å². The standard InChI is InChI=1S/C16H16N2O/c19-16-14(11-17-16)18-15(12-7-3-1-4-8-12)13-9-5-2-6-10-13/h1-10,14-15,18H,11H2,(H,17,19). The lowest BCUT2D eigenvalue weighted by molar-refractivity contribution is -0.128. The fourth-order valence-electron chi connectivity index (χ4n) is 2.30. The summed E-state index contributed by atoms with van der Waals surface area (Å²) in [7, 11) is 0. The maximum atomic E-state index is 11.5. The molecule has 1 amide bonds. The second-order valence-electron chi connectivity index (χ2n) is 4.72. The van der Waals surface area contributed by atoms with Crippen molar-refractivity contribution in [3.05, 3.63) is 71.8 Å². The smallest absolute Gasteiger partial charge is 0.239 e. The van der Waals surface area contributed by atoms with Gasteiger partial charge in [0.25, 0.3) is 0 Å². The minimum absolute atomic E-state index is 0.0541. The van der Waals surface area contributed by atoms with Crippen LogP contribution in [0.15, 0.2) is 60.7 Å². The van der Waals surface area contributed by atoms with Crippen LogP contribution in [0.4, 0.5) is 0 Å². The summed E-state index contributed by atoms with van der Waals surface area (Å²) in [6, 6.07) is 20.4. The Balaban J connectivity index is 1.89. The molecular weight excluding hydrogens is 236 g/mol. The van der Waals surface area contributed by atoms with E-state index < -0.39 is 0 Å². The summed E-state index contributed by atoms with van der Waals surface area (Å²) in [5.74, 6) is 0.0804. The molecule has 1 aliphatic heterocycles. The molecule has 2 N–H and O–H groups in total. The quantitative estimate of drug-likeness (QED) is 0.816. The van der Waals surface area contributed by atoms with Crippen molar-refractivity contribution in [1.29, 1.82) is 0 Å². The third-order valence-corrected chi connectivity index (χ3v) is 3.43. The van der Waals surface area contributed by atoms with Crippen molar-refractivity contribution in [2.75, 3.05) is 6.54 Å². The molecule has 2 aromatic carbocycles. The molecule has 1 aliphatic rings. The Hall–Kier alpha value is -2.13. The van der Waals surface area contributed by atoms with Crippen molar-refractivity contribution in [2.24, 2.45) is 0 Å². The molecule has 2 aromatic rings. The lowest BCUT2D eigenvalue weighted by atomic mass is 9.97. The van der Waals surface area contributed by atoms with Crippen molar-refractivity contribution in [1.82, 2.24) is 10.6 Å². The summed E-state index contributed by atoms with van der Waals surface area (Å²) in [6.07, 6.45) is 0. The topological polar surface area (TPSA) is 41.1 Å². The zero-order chi connectivity index (χ0) is 13.1. The second kappa shape index (κ2) is 5.24. The lowest BCUT2D eigenvalue weighted by Gasteiger charge is -2.31. The van der Waals surface area contributed by atoms with E-state index in [0.717, 1.165) is 0 Å². The van der Waals surface area contributed by atoms with Crippen LogP contribution in [-0.2, 0) is 4.79 Å². The van der Waals surface area contributed by atoms with Crippen molar-refractivity contribution in [3.8, 4) is 0 Å². The van der Waals surface area contributed by atoms with Gasteiger partial charge >= 0.3 is 0 Å². The van der Waals surface area contributed by atoms with Crippen LogP contribution < -0.4 is 10.6 Å². The molecule has 1 unspecified atom stereocenters. The van der Waals surface area contributed by atoms with Crippen LogP contribution in [0.1, 0.15) is 17.2 Å². The first-order valence-electron chi connectivity index (χ1n) is 6.48. The number of carbonyl (C=O) groups excluding carboxylic acids is 1. The van der Waals surface area contributed by atoms with E-state index in [-0.39, 0.29) is 18.0 Å². The highest BCUT2D eigenvalue weighted by Crippen LogP contribution is 2.22. The van der Waals surface area contributed by atoms with Gasteiger partial charge in [0.15, 0.2) is 0 Å². The highest BCUT2D eigenvalue weighted by Gasteiger charge is 2.30. The molecule has 1 saturated heterocycles. The predicted molar refractivity (Wildman–Crippen MR) is 74.7 cm³/mol. The number of hydrogen-bond acceptors (Lipinski definition) is 2. The summed E-state index contributed by atoms with van der Waals surface area (Å²) in [4.78, 5) is 11.5. The van der Waals surface area contributed by atoms with Crippen LogP contribution in [0.3, 0.4) is 0 Å². The first-order valence-corrected chi connectivity index (χ1v) is 6.48. The van der Waals surface area contributed by atoms with Crippen LogP contribution in [0.2, 0.25) is 0 Å². The van der Waals surface area contributed by atoms with Gasteiger partial charge in [-0.25, -0.2) is 0 Å². The van der Waals surface area contributed by atoms with Crippen LogP contribution in [0.25, 0.3) is 0 Å². The van der Waals surface area contributed by atoms with Gasteiger partial charge in [-0.3, -0.25) is 10.1 Å². The molecule has 96 valence electrons. The molecule has 3 nitrogen and oxygen atoms in total. The highest BCUT2D eigenvalue weighted by atomic mass is 16.2. The van der Waals surface area contributed by atoms with Gasteiger partial charge in [-0.05, 0) is 11.1 Å². The maximum absolute atomic E-state index is 11.5. The van der Waals surface area contributed by atoms with E-state index >= 15 is 0 Å². The van der Waals surface area contributed by atoms with Crippen molar-refractivity contribution < 1.29 is 4.79 Å². The first-order chi connectivity index (χ1) is 9.34. The third-order valence-electron chi connectivity index (χ3n) is 3.43. The van der Waals surface area contributed by atoms with Crippen molar-refractivity contribution >= 4 is 5.91 Å². The Labute approximate surface area is 112 Å². The molecule has 1 fully saturated rings. The first kappa shape index (κ1) is 11.9. The molecule has 1 heterocycles. The average Bonchev–Trinajstić information content (AvgIpc) is 2.48. The third kappa shape index (κ3) is 2.51. The van der Waals surface area contributed by atoms with Crippen molar-refractivity contribution in [2.45, 2.75) is 12.1 Å². The molecule has 0 aromatic heterocycles. The summed E-state index contributed by atoms with van der Waals surface area (Å²) >= 11 is 0. The van der Waals surface area contributed by atoms with Gasteiger partial charge in [0.05, 0.1) is 6.04 Å². The van der Waals surface area contributed by atoms with Crippen LogP contribution >= 0.6 is 0 Å². The average molecular weight is 252 g/mol. The second-order valence-corrected chi connectivity index (χ2v) is 4.72. The van der Waals surface area contributed by atoms with Crippen LogP contribution in [0, 0.1) is 0 Å². The van der Waals surface area contributed by atoms with E-state index in [1.54, 1.807) is 0 Å². The van der Waals surface area contributed by atoms with Gasteiger partial charge in [-0.2, -0.15) is 0 Å². The number of benzene rings is 2. The van der Waals surface area contributed by atoms with Gasteiger partial charge in [0.2, 0.25) is 5.91 Å². The number of β-lactam (4-membered cyclic amide) rings is 1. The number of hydrogen-bond donors (Lipinski definition) is 2. The predicted octanol–water partition coefficient (Wildman–Crippen LogP) is 1.86. The normalized spacial score (nSPS) is 17.9. The molecule has 1 atom stereocenters. The van der Waals surface area contributed by atoms with E-state index in [4.69, 9.17) is 0 Å². The van der Waals surface area contributed by atoms with E-state index in [1.165, 1.54) is 11.1 Å². The maximum Gasteiger partial charge on any atom is 0.239 e. The molecule has 19 heavy (non-hydrogen) atoms. The number of carbonyl (C=O) groups is 1. The zero-order valence-corrected chi connectivity index (χ0v) is 10.5. The minimum Gasteiger partial charge on any atom is -0.353 e.